The number of rotatable bonds is 0. The van der Waals surface area contributed by atoms with Crippen LogP contribution in [0.2, 0.25) is 0 Å². The van der Waals surface area contributed by atoms with Gasteiger partial charge in [-0.25, -0.2) is 0 Å². The van der Waals surface area contributed by atoms with E-state index in [1.807, 2.05) is 0 Å². The highest BCUT2D eigenvalue weighted by Crippen LogP contribution is 2.87. The fourth-order valence-corrected chi connectivity index (χ4v) is 19.3. The van der Waals surface area contributed by atoms with Crippen molar-refractivity contribution >= 4 is 113 Å². The minimum Gasteiger partial charge on any atom is -0.277 e. The summed E-state index contributed by atoms with van der Waals surface area (Å²) < 4.78 is 14.6. The SMILES string of the molecule is CN=P(C)(Cl)Cl.ClP1(Cl)=NP(Cl)(Cl)=NP(Cl)(Cl)=N1.[2HH]. The molecule has 1 aliphatic heterocycles. The van der Waals surface area contributed by atoms with E-state index in [0.29, 0.717) is 0 Å². The highest BCUT2D eigenvalue weighted by Gasteiger charge is 2.30. The van der Waals surface area contributed by atoms with E-state index in [1.54, 1.807) is 13.7 Å². The second-order valence-corrected chi connectivity index (χ2v) is 23.9. The summed E-state index contributed by atoms with van der Waals surface area (Å²) in [6.45, 7) is 1.72. The van der Waals surface area contributed by atoms with Crippen molar-refractivity contribution in [3.8, 4) is 0 Å². The van der Waals surface area contributed by atoms with Gasteiger partial charge in [0.15, 0.2) is 0 Å². The molecule has 0 radical (unpaired) electrons. The highest BCUT2D eigenvalue weighted by molar-refractivity contribution is 8.26. The van der Waals surface area contributed by atoms with Gasteiger partial charge in [-0.3, -0.25) is 4.74 Å². The third kappa shape index (κ3) is 10.9. The smallest absolute Gasteiger partial charge is 0.257 e. The zero-order valence-electron chi connectivity index (χ0n) is 8.60. The molecular weight excluding hydrogens is 488 g/mol. The molecule has 0 amide bonds. The van der Waals surface area contributed by atoms with Gasteiger partial charge in [0.2, 0.25) is 0 Å². The van der Waals surface area contributed by atoms with Gasteiger partial charge in [-0.1, -0.05) is 22.5 Å². The minimum atomic E-state index is -2.91. The monoisotopic (exact) mass is 493 g/mol. The maximum atomic E-state index is 5.64. The molecule has 0 N–H and O–H groups in total. The molecule has 0 aromatic heterocycles. The molecule has 0 fully saturated rings. The Hall–Kier alpha value is 3.24. The van der Waals surface area contributed by atoms with Gasteiger partial charge in [-0.2, -0.15) is 13.5 Å². The van der Waals surface area contributed by atoms with Crippen LogP contribution in [0.5, 0.6) is 0 Å². The van der Waals surface area contributed by atoms with Crippen molar-refractivity contribution in [1.82, 2.24) is 0 Å². The van der Waals surface area contributed by atoms with E-state index in [-0.39, 0.29) is 1.43 Å². The van der Waals surface area contributed by atoms with Gasteiger partial charge in [-0.05, 0) is 74.1 Å². The molecule has 0 unspecified atom stereocenters. The maximum Gasteiger partial charge on any atom is 0.257 e. The van der Waals surface area contributed by atoms with Crippen LogP contribution in [0.15, 0.2) is 18.3 Å². The van der Waals surface area contributed by atoms with Crippen molar-refractivity contribution in [3.05, 3.63) is 0 Å². The largest absolute Gasteiger partial charge is 0.277 e. The van der Waals surface area contributed by atoms with Crippen molar-refractivity contribution in [1.29, 1.82) is 0 Å². The fourth-order valence-electron chi connectivity index (χ4n) is 0.442. The lowest BCUT2D eigenvalue weighted by molar-refractivity contribution is 1.51. The zero-order chi connectivity index (χ0) is 14.8. The molecule has 0 saturated heterocycles. The summed E-state index contributed by atoms with van der Waals surface area (Å²) in [5.74, 6) is -10.6. The minimum absolute atomic E-state index is 0. The van der Waals surface area contributed by atoms with Crippen LogP contribution in [-0.4, -0.2) is 13.7 Å². The zero-order valence-corrected chi connectivity index (χ0v) is 18.2. The molecule has 112 valence electrons. The molecule has 0 bridgehead atoms. The van der Waals surface area contributed by atoms with E-state index < -0.39 is 23.5 Å². The lowest BCUT2D eigenvalue weighted by Crippen LogP contribution is -1.62. The molecule has 4 nitrogen and oxygen atoms in total. The van der Waals surface area contributed by atoms with Gasteiger partial charge < -0.3 is 0 Å². The van der Waals surface area contributed by atoms with E-state index in [4.69, 9.17) is 89.9 Å². The van der Waals surface area contributed by atoms with E-state index in [2.05, 4.69) is 18.3 Å². The number of halogens is 8. The van der Waals surface area contributed by atoms with Gasteiger partial charge in [-0.15, -0.1) is 0 Å². The van der Waals surface area contributed by atoms with Crippen LogP contribution in [0.4, 0.5) is 0 Å². The van der Waals surface area contributed by atoms with Gasteiger partial charge in [0.25, 0.3) is 17.7 Å². The first-order valence-corrected chi connectivity index (χ1v) is 18.2. The summed E-state index contributed by atoms with van der Waals surface area (Å²) in [5, 5.41) is 0. The summed E-state index contributed by atoms with van der Waals surface area (Å²) in [6, 6.07) is 0. The Balaban J connectivity index is 0. The quantitative estimate of drug-likeness (QED) is 0.300. The number of nitrogens with zero attached hydrogens (tertiary/aromatic N) is 4. The Morgan fingerprint density at radius 1 is 0.833 bits per heavy atom. The van der Waals surface area contributed by atoms with E-state index in [9.17, 15) is 0 Å². The van der Waals surface area contributed by atoms with Crippen molar-refractivity contribution in [2.24, 2.45) is 18.3 Å². The normalized spacial score (nSPS) is 23.4. The molecule has 16 heteroatoms. The third-order valence-corrected chi connectivity index (χ3v) is 15.1. The molecule has 1 heterocycles. The highest BCUT2D eigenvalue weighted by atomic mass is 35.9. The first-order valence-electron chi connectivity index (χ1n) is 3.65. The molecule has 1 aliphatic rings. The average Bonchev–Trinajstić information content (AvgIpc) is 1.93. The first kappa shape index (κ1) is 21.2. The van der Waals surface area contributed by atoms with Crippen molar-refractivity contribution in [2.75, 3.05) is 13.7 Å². The molecule has 0 aliphatic carbocycles. The fraction of sp³-hybridized carbons (Fsp3) is 1.00. The van der Waals surface area contributed by atoms with Crippen molar-refractivity contribution in [3.63, 3.8) is 0 Å². The average molecular weight is 497 g/mol. The Kier molecular flexibility index (Phi) is 9.06. The Morgan fingerprint density at radius 3 is 1.11 bits per heavy atom. The lowest BCUT2D eigenvalue weighted by Gasteiger charge is -2.16. The lowest BCUT2D eigenvalue weighted by atomic mass is 11.6. The number of hydrogen-bond acceptors (Lipinski definition) is 4. The second-order valence-electron chi connectivity index (χ2n) is 2.59. The van der Waals surface area contributed by atoms with Crippen LogP contribution < -0.4 is 0 Å². The molecule has 0 atom stereocenters. The molecule has 18 heavy (non-hydrogen) atoms. The van der Waals surface area contributed by atoms with Crippen LogP contribution in [0.25, 0.3) is 0 Å². The second kappa shape index (κ2) is 7.68. The maximum absolute atomic E-state index is 5.64. The summed E-state index contributed by atoms with van der Waals surface area (Å²) in [4.78, 5) is 0. The van der Waals surface area contributed by atoms with Crippen molar-refractivity contribution < 1.29 is 1.43 Å². The standard InChI is InChI=1S/C2H6Cl2NP.Cl6N3P3.H2/c1-5-6(2,3)4;1-10(2)7-11(3,4)9-12(5,6)8-10;/h1-2H3;;1H/i;;1+1. The van der Waals surface area contributed by atoms with Crippen LogP contribution in [0, 0.1) is 0 Å². The predicted octanol–water partition coefficient (Wildman–Crippen LogP) is 10.3. The summed E-state index contributed by atoms with van der Waals surface area (Å²) >= 11 is 44.7. The predicted molar refractivity (Wildman–Crippen MR) is 98.2 cm³/mol. The molecule has 0 spiro atoms. The van der Waals surface area contributed by atoms with Crippen LogP contribution in [-0.2, 0) is 0 Å². The summed E-state index contributed by atoms with van der Waals surface area (Å²) in [7, 11) is 1.62. The van der Waals surface area contributed by atoms with Crippen LogP contribution in [0.1, 0.15) is 1.43 Å². The molecule has 0 aromatic rings. The Morgan fingerprint density at radius 2 is 1.00 bits per heavy atom. The van der Waals surface area contributed by atoms with E-state index >= 15 is 0 Å². The summed E-state index contributed by atoms with van der Waals surface area (Å²) in [5.41, 5.74) is 0. The van der Waals surface area contributed by atoms with Crippen LogP contribution >= 0.6 is 113 Å². The molecule has 0 aromatic carbocycles. The number of hydrogen-bond donors (Lipinski definition) is 0. The molecular formula is C2H8Cl8N4P4. The van der Waals surface area contributed by atoms with E-state index in [0.717, 1.165) is 0 Å². The van der Waals surface area contributed by atoms with Crippen LogP contribution in [0.3, 0.4) is 0 Å². The topological polar surface area (TPSA) is 49.4 Å². The Labute approximate surface area is 145 Å². The Bertz CT molecular complexity index is 437. The van der Waals surface area contributed by atoms with Gasteiger partial charge in [0.05, 0.1) is 0 Å². The summed E-state index contributed by atoms with van der Waals surface area (Å²) in [6.07, 6.45) is 0. The third-order valence-electron chi connectivity index (χ3n) is 0.997. The van der Waals surface area contributed by atoms with Gasteiger partial charge in [0, 0.05) is 8.47 Å². The van der Waals surface area contributed by atoms with Gasteiger partial charge in [0.1, 0.15) is 5.76 Å². The first-order chi connectivity index (χ1) is 7.68. The molecule has 0 saturated carbocycles. The van der Waals surface area contributed by atoms with E-state index in [1.165, 1.54) is 0 Å². The van der Waals surface area contributed by atoms with Gasteiger partial charge >= 0.3 is 0 Å². The molecule has 1 rings (SSSR count). The van der Waals surface area contributed by atoms with Crippen molar-refractivity contribution in [2.45, 2.75) is 0 Å².